The summed E-state index contributed by atoms with van der Waals surface area (Å²) in [4.78, 5) is 12.3. The van der Waals surface area contributed by atoms with Crippen molar-refractivity contribution in [3.05, 3.63) is 23.8 Å². The van der Waals surface area contributed by atoms with E-state index in [0.717, 1.165) is 0 Å². The molecule has 3 nitrogen and oxygen atoms in total. The van der Waals surface area contributed by atoms with Crippen LogP contribution in [0.4, 0.5) is 28.9 Å². The maximum Gasteiger partial charge on any atom is 0.384 e. The second-order valence-electron chi connectivity index (χ2n) is 4.37. The second kappa shape index (κ2) is 4.71. The van der Waals surface area contributed by atoms with E-state index >= 15 is 0 Å². The molecule has 1 aromatic rings. The Bertz CT molecular complexity index is 505. The van der Waals surface area contributed by atoms with Gasteiger partial charge in [0.25, 0.3) is 0 Å². The van der Waals surface area contributed by atoms with Gasteiger partial charge in [-0.2, -0.15) is 8.78 Å². The average molecular weight is 276 g/mol. The Balaban J connectivity index is 2.39. The molecule has 19 heavy (non-hydrogen) atoms. The van der Waals surface area contributed by atoms with E-state index in [1.54, 1.807) is 12.1 Å². The molecule has 1 aliphatic heterocycles. The van der Waals surface area contributed by atoms with E-state index in [1.165, 1.54) is 6.07 Å². The van der Waals surface area contributed by atoms with Crippen molar-refractivity contribution in [1.29, 1.82) is 0 Å². The van der Waals surface area contributed by atoms with E-state index in [1.807, 2.05) is 0 Å². The molecule has 1 heterocycles. The van der Waals surface area contributed by atoms with Crippen molar-refractivity contribution in [2.45, 2.75) is 25.2 Å². The second-order valence-corrected chi connectivity index (χ2v) is 4.37. The third-order valence-corrected chi connectivity index (χ3v) is 3.03. The molecular weight excluding hydrogens is 264 g/mol. The molecule has 0 unspecified atom stereocenters. The minimum absolute atomic E-state index is 0.0163. The molecule has 0 saturated heterocycles. The highest BCUT2D eigenvalue weighted by Crippen LogP contribution is 2.34. The van der Waals surface area contributed by atoms with Crippen LogP contribution in [-0.2, 0) is 11.2 Å². The van der Waals surface area contributed by atoms with Crippen LogP contribution in [0.5, 0.6) is 0 Å². The van der Waals surface area contributed by atoms with Crippen molar-refractivity contribution in [1.82, 2.24) is 0 Å². The molecule has 0 bridgehead atoms. The minimum Gasteiger partial charge on any atom is -0.399 e. The number of fused-ring (bicyclic) bond motifs is 1. The van der Waals surface area contributed by atoms with E-state index in [9.17, 15) is 22.4 Å². The number of rotatable bonds is 2. The fourth-order valence-electron chi connectivity index (χ4n) is 2.08. The van der Waals surface area contributed by atoms with Crippen LogP contribution >= 0.6 is 0 Å². The molecule has 0 radical (unpaired) electrons. The van der Waals surface area contributed by atoms with E-state index in [4.69, 9.17) is 5.73 Å². The van der Waals surface area contributed by atoms with E-state index < -0.39 is 18.3 Å². The number of aryl methyl sites for hydroxylation is 1. The summed E-state index contributed by atoms with van der Waals surface area (Å²) in [5.41, 5.74) is 6.67. The Morgan fingerprint density at radius 1 is 1.37 bits per heavy atom. The van der Waals surface area contributed by atoms with Gasteiger partial charge in [0.15, 0.2) is 0 Å². The van der Waals surface area contributed by atoms with Crippen LogP contribution in [0, 0.1) is 0 Å². The summed E-state index contributed by atoms with van der Waals surface area (Å²) in [6.45, 7) is -0.0163. The lowest BCUT2D eigenvalue weighted by Gasteiger charge is -2.32. The molecule has 2 rings (SSSR count). The van der Waals surface area contributed by atoms with Gasteiger partial charge in [0.2, 0.25) is 0 Å². The van der Waals surface area contributed by atoms with Gasteiger partial charge in [0, 0.05) is 17.9 Å². The van der Waals surface area contributed by atoms with Gasteiger partial charge >= 0.3 is 18.3 Å². The normalized spacial score (nSPS) is 15.5. The van der Waals surface area contributed by atoms with Crippen LogP contribution in [0.3, 0.4) is 0 Å². The van der Waals surface area contributed by atoms with Crippen LogP contribution in [0.25, 0.3) is 0 Å². The Morgan fingerprint density at radius 3 is 2.68 bits per heavy atom. The lowest BCUT2D eigenvalue weighted by Crippen LogP contribution is -2.49. The molecule has 1 amide bonds. The van der Waals surface area contributed by atoms with Gasteiger partial charge < -0.3 is 10.6 Å². The summed E-state index contributed by atoms with van der Waals surface area (Å²) in [5, 5.41) is 0. The van der Waals surface area contributed by atoms with Crippen LogP contribution in [0.1, 0.15) is 12.0 Å². The third kappa shape index (κ3) is 2.36. The average Bonchev–Trinajstić information content (AvgIpc) is 2.36. The topological polar surface area (TPSA) is 46.3 Å². The molecule has 2 N–H and O–H groups in total. The Hall–Kier alpha value is -1.79. The highest BCUT2D eigenvalue weighted by molar-refractivity contribution is 6.00. The quantitative estimate of drug-likeness (QED) is 0.666. The minimum atomic E-state index is -4.68. The van der Waals surface area contributed by atoms with Crippen molar-refractivity contribution >= 4 is 17.3 Å². The fraction of sp³-hybridized carbons (Fsp3) is 0.417. The molecule has 0 aliphatic carbocycles. The maximum absolute atomic E-state index is 13.1. The summed E-state index contributed by atoms with van der Waals surface area (Å²) < 4.78 is 50.8. The van der Waals surface area contributed by atoms with Crippen molar-refractivity contribution in [2.75, 3.05) is 17.2 Å². The Labute approximate surface area is 107 Å². The summed E-state index contributed by atoms with van der Waals surface area (Å²) >= 11 is 0. The van der Waals surface area contributed by atoms with Gasteiger partial charge in [0.1, 0.15) is 0 Å². The number of carbonyl (C=O) groups excluding carboxylic acids is 1. The van der Waals surface area contributed by atoms with Crippen molar-refractivity contribution in [3.63, 3.8) is 0 Å². The fourth-order valence-corrected chi connectivity index (χ4v) is 2.08. The monoisotopic (exact) mass is 276 g/mol. The number of alkyl halides is 4. The van der Waals surface area contributed by atoms with Crippen LogP contribution in [0.2, 0.25) is 0 Å². The largest absolute Gasteiger partial charge is 0.399 e. The number of nitrogens with zero attached hydrogens (tertiary/aromatic N) is 1. The van der Waals surface area contributed by atoms with E-state index in [0.29, 0.717) is 29.0 Å². The lowest BCUT2D eigenvalue weighted by atomic mass is 10.0. The standard InChI is InChI=1S/C12H12F4N2O/c13-10(14)12(15,16)11(19)18-5-1-2-7-3-4-8(17)6-9(7)18/h3-4,6,10H,1-2,5,17H2. The number of hydrogen-bond donors (Lipinski definition) is 1. The molecule has 104 valence electrons. The molecule has 7 heteroatoms. The molecule has 0 saturated carbocycles. The summed E-state index contributed by atoms with van der Waals surface area (Å²) in [6, 6.07) is 4.55. The molecule has 0 fully saturated rings. The number of halogens is 4. The maximum atomic E-state index is 13.1. The number of nitrogens with two attached hydrogens (primary N) is 1. The highest BCUT2D eigenvalue weighted by Gasteiger charge is 2.51. The first-order valence-corrected chi connectivity index (χ1v) is 5.70. The predicted molar refractivity (Wildman–Crippen MR) is 62.5 cm³/mol. The SMILES string of the molecule is Nc1ccc2c(c1)N(C(=O)C(F)(F)C(F)F)CCC2. The predicted octanol–water partition coefficient (Wildman–Crippen LogP) is 2.45. The van der Waals surface area contributed by atoms with Crippen molar-refractivity contribution in [3.8, 4) is 0 Å². The molecule has 1 aliphatic rings. The number of nitrogen functional groups attached to an aromatic ring is 1. The lowest BCUT2D eigenvalue weighted by molar-refractivity contribution is -0.166. The van der Waals surface area contributed by atoms with Gasteiger partial charge in [-0.3, -0.25) is 4.79 Å². The zero-order chi connectivity index (χ0) is 14.2. The molecular formula is C12H12F4N2O. The van der Waals surface area contributed by atoms with Gasteiger partial charge in [-0.05, 0) is 30.5 Å². The number of amides is 1. The summed E-state index contributed by atoms with van der Waals surface area (Å²) in [6.07, 6.45) is -2.98. The number of anilines is 2. The number of hydrogen-bond acceptors (Lipinski definition) is 2. The first-order chi connectivity index (χ1) is 8.84. The Morgan fingerprint density at radius 2 is 2.05 bits per heavy atom. The third-order valence-electron chi connectivity index (χ3n) is 3.03. The molecule has 0 aromatic heterocycles. The first-order valence-electron chi connectivity index (χ1n) is 5.70. The molecule has 0 atom stereocenters. The Kier molecular flexibility index (Phi) is 3.38. The zero-order valence-electron chi connectivity index (χ0n) is 9.88. The van der Waals surface area contributed by atoms with Gasteiger partial charge in [-0.1, -0.05) is 6.07 Å². The number of benzene rings is 1. The van der Waals surface area contributed by atoms with E-state index in [2.05, 4.69) is 0 Å². The zero-order valence-corrected chi connectivity index (χ0v) is 9.88. The van der Waals surface area contributed by atoms with Gasteiger partial charge in [-0.25, -0.2) is 8.78 Å². The first kappa shape index (κ1) is 13.6. The molecule has 1 aromatic carbocycles. The highest BCUT2D eigenvalue weighted by atomic mass is 19.3. The van der Waals surface area contributed by atoms with E-state index in [-0.39, 0.29) is 12.2 Å². The van der Waals surface area contributed by atoms with Crippen LogP contribution in [0.15, 0.2) is 18.2 Å². The van der Waals surface area contributed by atoms with Gasteiger partial charge in [-0.15, -0.1) is 0 Å². The summed E-state index contributed by atoms with van der Waals surface area (Å²) in [5.74, 6) is -6.56. The van der Waals surface area contributed by atoms with Gasteiger partial charge in [0.05, 0.1) is 0 Å². The molecule has 0 spiro atoms. The van der Waals surface area contributed by atoms with Crippen molar-refractivity contribution in [2.24, 2.45) is 0 Å². The summed E-state index contributed by atoms with van der Waals surface area (Å²) in [7, 11) is 0. The number of carbonyl (C=O) groups is 1. The van der Waals surface area contributed by atoms with Crippen LogP contribution in [-0.4, -0.2) is 24.8 Å². The van der Waals surface area contributed by atoms with Crippen molar-refractivity contribution < 1.29 is 22.4 Å². The smallest absolute Gasteiger partial charge is 0.384 e. The van der Waals surface area contributed by atoms with Crippen LogP contribution < -0.4 is 10.6 Å².